The number of nitrogens with one attached hydrogen (secondary N) is 1. The van der Waals surface area contributed by atoms with Gasteiger partial charge in [0.1, 0.15) is 5.82 Å². The summed E-state index contributed by atoms with van der Waals surface area (Å²) in [6.07, 6.45) is 1.52. The number of aryl methyl sites for hydroxylation is 1. The summed E-state index contributed by atoms with van der Waals surface area (Å²) in [6, 6.07) is 14.7. The number of carbonyl (C=O) groups excluding carboxylic acids is 1. The molecule has 4 aromatic rings. The molecule has 0 aliphatic rings. The molecule has 0 fully saturated rings. The minimum Gasteiger partial charge on any atom is -0.305 e. The van der Waals surface area contributed by atoms with Crippen LogP contribution in [0.15, 0.2) is 66.9 Å². The number of carbonyl (C=O) groups is 1. The van der Waals surface area contributed by atoms with Gasteiger partial charge in [-0.15, -0.1) is 0 Å². The van der Waals surface area contributed by atoms with Gasteiger partial charge in [-0.3, -0.25) is 25.0 Å². The molecule has 1 amide bonds. The van der Waals surface area contributed by atoms with Crippen LogP contribution in [0, 0.1) is 27.2 Å². The van der Waals surface area contributed by atoms with E-state index >= 15 is 0 Å². The van der Waals surface area contributed by atoms with E-state index in [1.165, 1.54) is 64.1 Å². The van der Waals surface area contributed by atoms with Gasteiger partial charge in [0.15, 0.2) is 5.69 Å². The van der Waals surface area contributed by atoms with Gasteiger partial charge in [-0.2, -0.15) is 10.2 Å². The van der Waals surface area contributed by atoms with Crippen LogP contribution in [-0.2, 0) is 0 Å². The van der Waals surface area contributed by atoms with E-state index in [0.717, 1.165) is 0 Å². The van der Waals surface area contributed by atoms with E-state index in [9.17, 15) is 25.0 Å². The Morgan fingerprint density at radius 2 is 1.62 bits per heavy atom. The van der Waals surface area contributed by atoms with Gasteiger partial charge < -0.3 is 5.32 Å². The molecule has 0 atom stereocenters. The van der Waals surface area contributed by atoms with Crippen LogP contribution in [0.1, 0.15) is 16.2 Å². The van der Waals surface area contributed by atoms with Gasteiger partial charge in [0, 0.05) is 36.5 Å². The lowest BCUT2D eigenvalue weighted by Gasteiger charge is -2.08. The second-order valence-corrected chi connectivity index (χ2v) is 6.73. The molecule has 32 heavy (non-hydrogen) atoms. The van der Waals surface area contributed by atoms with Crippen molar-refractivity contribution in [3.8, 4) is 11.4 Å². The Labute approximate surface area is 180 Å². The van der Waals surface area contributed by atoms with Gasteiger partial charge in [-0.1, -0.05) is 6.07 Å². The quantitative estimate of drug-likeness (QED) is 0.361. The van der Waals surface area contributed by atoms with Crippen LogP contribution < -0.4 is 5.32 Å². The van der Waals surface area contributed by atoms with Gasteiger partial charge in [-0.25, -0.2) is 9.36 Å². The maximum absolute atomic E-state index is 12.7. The van der Waals surface area contributed by atoms with E-state index in [2.05, 4.69) is 15.5 Å². The molecule has 0 bridgehead atoms. The SMILES string of the molecule is Cc1cc(NC(=O)c2ccn(-c3cccc([N+](=O)[O-])c3)n2)n(-c2ccc([N+](=O)[O-])cc2)n1. The molecule has 160 valence electrons. The minimum atomic E-state index is -0.516. The highest BCUT2D eigenvalue weighted by Crippen LogP contribution is 2.21. The summed E-state index contributed by atoms with van der Waals surface area (Å²) >= 11 is 0. The Bertz CT molecular complexity index is 1340. The number of hydrogen-bond donors (Lipinski definition) is 1. The van der Waals surface area contributed by atoms with Crippen molar-refractivity contribution < 1.29 is 14.6 Å². The van der Waals surface area contributed by atoms with Crippen molar-refractivity contribution in [2.45, 2.75) is 6.92 Å². The lowest BCUT2D eigenvalue weighted by molar-refractivity contribution is -0.385. The zero-order chi connectivity index (χ0) is 22.8. The van der Waals surface area contributed by atoms with Gasteiger partial charge in [-0.05, 0) is 31.2 Å². The number of benzene rings is 2. The van der Waals surface area contributed by atoms with Crippen molar-refractivity contribution in [2.75, 3.05) is 5.32 Å². The summed E-state index contributed by atoms with van der Waals surface area (Å²) in [5.41, 5.74) is 1.53. The zero-order valence-electron chi connectivity index (χ0n) is 16.6. The molecule has 0 saturated carbocycles. The van der Waals surface area contributed by atoms with E-state index in [1.807, 2.05) is 0 Å². The third-order valence-corrected chi connectivity index (χ3v) is 4.51. The van der Waals surface area contributed by atoms with Crippen molar-refractivity contribution in [2.24, 2.45) is 0 Å². The molecule has 0 aliphatic heterocycles. The predicted molar refractivity (Wildman–Crippen MR) is 113 cm³/mol. The summed E-state index contributed by atoms with van der Waals surface area (Å²) in [7, 11) is 0. The number of nitro benzene ring substituents is 2. The van der Waals surface area contributed by atoms with Gasteiger partial charge in [0.25, 0.3) is 17.3 Å². The van der Waals surface area contributed by atoms with E-state index in [0.29, 0.717) is 22.9 Å². The van der Waals surface area contributed by atoms with Crippen molar-refractivity contribution in [1.82, 2.24) is 19.6 Å². The molecule has 12 heteroatoms. The van der Waals surface area contributed by atoms with Crippen LogP contribution in [0.4, 0.5) is 17.2 Å². The van der Waals surface area contributed by atoms with E-state index in [4.69, 9.17) is 0 Å². The summed E-state index contributed by atoms with van der Waals surface area (Å²) < 4.78 is 2.81. The molecular weight excluding hydrogens is 418 g/mol. The summed E-state index contributed by atoms with van der Waals surface area (Å²) in [5, 5.41) is 33.1. The molecule has 2 heterocycles. The first-order valence-corrected chi connectivity index (χ1v) is 9.25. The molecule has 0 spiro atoms. The third-order valence-electron chi connectivity index (χ3n) is 4.51. The fourth-order valence-electron chi connectivity index (χ4n) is 3.02. The van der Waals surface area contributed by atoms with E-state index in [-0.39, 0.29) is 17.1 Å². The van der Waals surface area contributed by atoms with Crippen LogP contribution >= 0.6 is 0 Å². The van der Waals surface area contributed by atoms with Crippen molar-refractivity contribution in [3.05, 3.63) is 98.5 Å². The van der Waals surface area contributed by atoms with Crippen LogP contribution in [0.3, 0.4) is 0 Å². The maximum Gasteiger partial charge on any atom is 0.277 e. The van der Waals surface area contributed by atoms with Crippen LogP contribution in [0.25, 0.3) is 11.4 Å². The lowest BCUT2D eigenvalue weighted by Crippen LogP contribution is -2.16. The number of rotatable bonds is 6. The normalized spacial score (nSPS) is 10.7. The van der Waals surface area contributed by atoms with E-state index < -0.39 is 15.8 Å². The fraction of sp³-hybridized carbons (Fsp3) is 0.0500. The first-order valence-electron chi connectivity index (χ1n) is 9.25. The number of aromatic nitrogens is 4. The van der Waals surface area contributed by atoms with Gasteiger partial charge >= 0.3 is 0 Å². The highest BCUT2D eigenvalue weighted by molar-refractivity contribution is 6.02. The van der Waals surface area contributed by atoms with Gasteiger partial charge in [0.2, 0.25) is 0 Å². The Morgan fingerprint density at radius 3 is 2.31 bits per heavy atom. The van der Waals surface area contributed by atoms with Gasteiger partial charge in [0.05, 0.1) is 26.9 Å². The Balaban J connectivity index is 1.57. The zero-order valence-corrected chi connectivity index (χ0v) is 16.6. The molecule has 0 aliphatic carbocycles. The van der Waals surface area contributed by atoms with Crippen LogP contribution in [-0.4, -0.2) is 35.3 Å². The largest absolute Gasteiger partial charge is 0.305 e. The lowest BCUT2D eigenvalue weighted by atomic mass is 10.3. The Hall–Kier alpha value is -4.87. The summed E-state index contributed by atoms with van der Waals surface area (Å²) in [5.74, 6) is -0.163. The third kappa shape index (κ3) is 4.05. The number of non-ortho nitro benzene ring substituents is 2. The van der Waals surface area contributed by atoms with Crippen LogP contribution in [0.2, 0.25) is 0 Å². The smallest absolute Gasteiger partial charge is 0.277 e. The Morgan fingerprint density at radius 1 is 0.906 bits per heavy atom. The average molecular weight is 433 g/mol. The molecule has 4 rings (SSSR count). The van der Waals surface area contributed by atoms with Crippen molar-refractivity contribution >= 4 is 23.1 Å². The number of nitro groups is 2. The second kappa shape index (κ2) is 8.10. The number of anilines is 1. The Kier molecular flexibility index (Phi) is 5.17. The molecule has 0 radical (unpaired) electrons. The topological polar surface area (TPSA) is 151 Å². The molecule has 1 N–H and O–H groups in total. The van der Waals surface area contributed by atoms with E-state index in [1.54, 1.807) is 19.1 Å². The first kappa shape index (κ1) is 20.4. The average Bonchev–Trinajstić information content (AvgIpc) is 3.41. The maximum atomic E-state index is 12.7. The molecular formula is C20H15N7O5. The minimum absolute atomic E-state index is 0.0603. The second-order valence-electron chi connectivity index (χ2n) is 6.73. The number of hydrogen-bond acceptors (Lipinski definition) is 7. The molecule has 12 nitrogen and oxygen atoms in total. The predicted octanol–water partition coefficient (Wildman–Crippen LogP) is 3.44. The standard InChI is InChI=1S/C20H15N7O5/c1-13-11-19(25(22-13)14-5-7-15(8-6-14)26(29)30)21-20(28)18-9-10-24(23-18)16-3-2-4-17(12-16)27(31)32/h2-12H,1H3,(H,21,28). The highest BCUT2D eigenvalue weighted by Gasteiger charge is 2.16. The molecule has 2 aromatic carbocycles. The molecule has 0 unspecified atom stereocenters. The highest BCUT2D eigenvalue weighted by atomic mass is 16.6. The number of amides is 1. The van der Waals surface area contributed by atoms with Crippen molar-refractivity contribution in [1.29, 1.82) is 0 Å². The molecule has 0 saturated heterocycles. The monoisotopic (exact) mass is 433 g/mol. The molecule has 2 aromatic heterocycles. The summed E-state index contributed by atoms with van der Waals surface area (Å²) in [4.78, 5) is 33.6. The fourth-order valence-corrected chi connectivity index (χ4v) is 3.02. The number of nitrogens with zero attached hydrogens (tertiary/aromatic N) is 6. The summed E-state index contributed by atoms with van der Waals surface area (Å²) in [6.45, 7) is 1.74. The first-order chi connectivity index (χ1) is 15.3. The van der Waals surface area contributed by atoms with Crippen LogP contribution in [0.5, 0.6) is 0 Å². The van der Waals surface area contributed by atoms with Crippen molar-refractivity contribution in [3.63, 3.8) is 0 Å².